The van der Waals surface area contributed by atoms with E-state index in [2.05, 4.69) is 20.8 Å². The van der Waals surface area contributed by atoms with Crippen molar-refractivity contribution in [3.8, 4) is 5.69 Å². The summed E-state index contributed by atoms with van der Waals surface area (Å²) in [6.07, 6.45) is 0. The standard InChI is InChI=1S/C19H21N5OS/c1-13(2)20-18(25)17(15-7-5-4-6-8-15)26-19-21-22-23-24(19)16-11-9-14(3)10-12-16/h4-13,17H,1-3H3,(H,20,25). The number of tetrazole rings is 1. The smallest absolute Gasteiger partial charge is 0.238 e. The third kappa shape index (κ3) is 4.29. The van der Waals surface area contributed by atoms with Crippen molar-refractivity contribution in [3.05, 3.63) is 65.7 Å². The third-order valence-corrected chi connectivity index (χ3v) is 4.90. The van der Waals surface area contributed by atoms with Gasteiger partial charge in [0, 0.05) is 6.04 Å². The average Bonchev–Trinajstić information content (AvgIpc) is 3.08. The molecule has 0 bridgehead atoms. The number of carbonyl (C=O) groups is 1. The van der Waals surface area contributed by atoms with Crippen LogP contribution in [0.3, 0.4) is 0 Å². The highest BCUT2D eigenvalue weighted by Gasteiger charge is 2.25. The van der Waals surface area contributed by atoms with Gasteiger partial charge >= 0.3 is 0 Å². The Hall–Kier alpha value is -2.67. The van der Waals surface area contributed by atoms with E-state index in [4.69, 9.17) is 0 Å². The molecule has 3 rings (SSSR count). The van der Waals surface area contributed by atoms with E-state index in [1.165, 1.54) is 11.8 Å². The number of benzene rings is 2. The van der Waals surface area contributed by atoms with Crippen molar-refractivity contribution in [2.75, 3.05) is 0 Å². The SMILES string of the molecule is Cc1ccc(-n2nnnc2SC(C(=O)NC(C)C)c2ccccc2)cc1. The molecule has 3 aromatic rings. The summed E-state index contributed by atoms with van der Waals surface area (Å²) in [6.45, 7) is 5.92. The number of nitrogens with zero attached hydrogens (tertiary/aromatic N) is 4. The van der Waals surface area contributed by atoms with Crippen LogP contribution in [0.4, 0.5) is 0 Å². The number of aromatic nitrogens is 4. The van der Waals surface area contributed by atoms with Crippen molar-refractivity contribution in [2.45, 2.75) is 37.2 Å². The molecule has 1 aromatic heterocycles. The molecule has 134 valence electrons. The van der Waals surface area contributed by atoms with E-state index in [1.54, 1.807) is 4.68 Å². The lowest BCUT2D eigenvalue weighted by Crippen LogP contribution is -2.33. The predicted octanol–water partition coefficient (Wildman–Crippen LogP) is 3.33. The Morgan fingerprint density at radius 1 is 1.08 bits per heavy atom. The molecule has 0 radical (unpaired) electrons. The van der Waals surface area contributed by atoms with E-state index < -0.39 is 5.25 Å². The molecule has 7 heteroatoms. The Balaban J connectivity index is 1.92. The second-order valence-electron chi connectivity index (χ2n) is 6.28. The first-order valence-corrected chi connectivity index (χ1v) is 9.30. The highest BCUT2D eigenvalue weighted by molar-refractivity contribution is 8.00. The summed E-state index contributed by atoms with van der Waals surface area (Å²) in [5.41, 5.74) is 2.93. The summed E-state index contributed by atoms with van der Waals surface area (Å²) in [5.74, 6) is -0.0605. The van der Waals surface area contributed by atoms with Gasteiger partial charge in [-0.3, -0.25) is 4.79 Å². The van der Waals surface area contributed by atoms with Crippen LogP contribution < -0.4 is 5.32 Å². The molecule has 26 heavy (non-hydrogen) atoms. The molecule has 1 unspecified atom stereocenters. The van der Waals surface area contributed by atoms with Crippen LogP contribution in [0.5, 0.6) is 0 Å². The molecule has 0 saturated heterocycles. The van der Waals surface area contributed by atoms with Crippen molar-refractivity contribution < 1.29 is 4.79 Å². The Morgan fingerprint density at radius 3 is 2.42 bits per heavy atom. The first-order chi connectivity index (χ1) is 12.5. The van der Waals surface area contributed by atoms with Crippen LogP contribution >= 0.6 is 11.8 Å². The van der Waals surface area contributed by atoms with Gasteiger partial charge in [-0.1, -0.05) is 59.8 Å². The van der Waals surface area contributed by atoms with Gasteiger partial charge in [0.2, 0.25) is 11.1 Å². The summed E-state index contributed by atoms with van der Waals surface area (Å²) in [5, 5.41) is 15.1. The van der Waals surface area contributed by atoms with Crippen LogP contribution in [-0.4, -0.2) is 32.2 Å². The van der Waals surface area contributed by atoms with Gasteiger partial charge in [-0.25, -0.2) is 0 Å². The fraction of sp³-hybridized carbons (Fsp3) is 0.263. The molecule has 0 aliphatic carbocycles. The van der Waals surface area contributed by atoms with Crippen LogP contribution in [0.2, 0.25) is 0 Å². The van der Waals surface area contributed by atoms with E-state index in [0.717, 1.165) is 16.8 Å². The fourth-order valence-corrected chi connectivity index (χ4v) is 3.47. The zero-order chi connectivity index (χ0) is 18.5. The van der Waals surface area contributed by atoms with Gasteiger partial charge in [-0.15, -0.1) is 5.10 Å². The first kappa shape index (κ1) is 18.1. The molecule has 0 aliphatic rings. The first-order valence-electron chi connectivity index (χ1n) is 8.42. The molecule has 1 N–H and O–H groups in total. The van der Waals surface area contributed by atoms with Gasteiger partial charge in [0.1, 0.15) is 5.25 Å². The average molecular weight is 367 g/mol. The summed E-state index contributed by atoms with van der Waals surface area (Å²) in [6, 6.07) is 17.7. The molecule has 0 aliphatic heterocycles. The quantitative estimate of drug-likeness (QED) is 0.677. The Bertz CT molecular complexity index is 861. The second-order valence-corrected chi connectivity index (χ2v) is 7.35. The lowest BCUT2D eigenvalue weighted by atomic mass is 10.1. The largest absolute Gasteiger partial charge is 0.353 e. The van der Waals surface area contributed by atoms with Crippen LogP contribution in [0, 0.1) is 6.92 Å². The molecule has 2 aromatic carbocycles. The normalized spacial score (nSPS) is 12.2. The van der Waals surface area contributed by atoms with Crippen molar-refractivity contribution in [2.24, 2.45) is 0 Å². The van der Waals surface area contributed by atoms with E-state index in [0.29, 0.717) is 5.16 Å². The molecular weight excluding hydrogens is 346 g/mol. The number of rotatable bonds is 6. The lowest BCUT2D eigenvalue weighted by molar-refractivity contribution is -0.121. The van der Waals surface area contributed by atoms with Gasteiger partial charge in [-0.2, -0.15) is 4.68 Å². The highest BCUT2D eigenvalue weighted by atomic mass is 32.2. The number of aryl methyl sites for hydroxylation is 1. The van der Waals surface area contributed by atoms with Crippen LogP contribution in [-0.2, 0) is 4.79 Å². The third-order valence-electron chi connectivity index (χ3n) is 3.71. The van der Waals surface area contributed by atoms with Crippen LogP contribution in [0.1, 0.15) is 30.2 Å². The van der Waals surface area contributed by atoms with Gasteiger partial charge in [0.15, 0.2) is 0 Å². The van der Waals surface area contributed by atoms with E-state index >= 15 is 0 Å². The van der Waals surface area contributed by atoms with E-state index in [-0.39, 0.29) is 11.9 Å². The number of nitrogens with one attached hydrogen (secondary N) is 1. The van der Waals surface area contributed by atoms with E-state index in [1.807, 2.05) is 75.4 Å². The zero-order valence-electron chi connectivity index (χ0n) is 15.0. The molecule has 0 saturated carbocycles. The number of hydrogen-bond donors (Lipinski definition) is 1. The van der Waals surface area contributed by atoms with Gasteiger partial charge in [-0.05, 0) is 48.9 Å². The van der Waals surface area contributed by atoms with E-state index in [9.17, 15) is 4.79 Å². The Labute approximate surface area is 157 Å². The molecule has 6 nitrogen and oxygen atoms in total. The minimum absolute atomic E-state index is 0.0578. The van der Waals surface area contributed by atoms with Crippen LogP contribution in [0.15, 0.2) is 59.8 Å². The fourth-order valence-electron chi connectivity index (χ4n) is 2.47. The Morgan fingerprint density at radius 2 is 1.77 bits per heavy atom. The minimum Gasteiger partial charge on any atom is -0.353 e. The van der Waals surface area contributed by atoms with Gasteiger partial charge in [0.05, 0.1) is 5.69 Å². The molecule has 1 heterocycles. The predicted molar refractivity (Wildman–Crippen MR) is 102 cm³/mol. The second kappa shape index (κ2) is 8.14. The highest BCUT2D eigenvalue weighted by Crippen LogP contribution is 2.35. The monoisotopic (exact) mass is 367 g/mol. The lowest BCUT2D eigenvalue weighted by Gasteiger charge is -2.18. The van der Waals surface area contributed by atoms with Crippen molar-refractivity contribution >= 4 is 17.7 Å². The number of amides is 1. The maximum Gasteiger partial charge on any atom is 0.238 e. The molecular formula is C19H21N5OS. The van der Waals surface area contributed by atoms with Gasteiger partial charge < -0.3 is 5.32 Å². The molecule has 1 atom stereocenters. The zero-order valence-corrected chi connectivity index (χ0v) is 15.8. The summed E-state index contributed by atoms with van der Waals surface area (Å²) in [4.78, 5) is 12.8. The molecule has 0 spiro atoms. The summed E-state index contributed by atoms with van der Waals surface area (Å²) in [7, 11) is 0. The number of thioether (sulfide) groups is 1. The van der Waals surface area contributed by atoms with Gasteiger partial charge in [0.25, 0.3) is 0 Å². The van der Waals surface area contributed by atoms with Crippen molar-refractivity contribution in [1.29, 1.82) is 0 Å². The number of carbonyl (C=O) groups excluding carboxylic acids is 1. The summed E-state index contributed by atoms with van der Waals surface area (Å²) < 4.78 is 1.66. The molecule has 1 amide bonds. The topological polar surface area (TPSA) is 72.7 Å². The Kier molecular flexibility index (Phi) is 5.68. The van der Waals surface area contributed by atoms with Crippen molar-refractivity contribution in [3.63, 3.8) is 0 Å². The maximum atomic E-state index is 12.8. The number of hydrogen-bond acceptors (Lipinski definition) is 5. The maximum absolute atomic E-state index is 12.8. The molecule has 0 fully saturated rings. The summed E-state index contributed by atoms with van der Waals surface area (Å²) >= 11 is 1.34. The van der Waals surface area contributed by atoms with Crippen molar-refractivity contribution in [1.82, 2.24) is 25.5 Å². The van der Waals surface area contributed by atoms with Crippen LogP contribution in [0.25, 0.3) is 5.69 Å². The minimum atomic E-state index is -0.436.